The van der Waals surface area contributed by atoms with Crippen molar-refractivity contribution in [3.05, 3.63) is 18.2 Å². The highest BCUT2D eigenvalue weighted by Crippen LogP contribution is 2.35. The van der Waals surface area contributed by atoms with Gasteiger partial charge in [-0.3, -0.25) is 9.69 Å². The number of likely N-dealkylation sites (tertiary alicyclic amines) is 1. The number of likely N-dealkylation sites (N-methyl/N-ethyl adjacent to an activating group) is 1. The second-order valence-corrected chi connectivity index (χ2v) is 7.87. The van der Waals surface area contributed by atoms with Gasteiger partial charge in [-0.1, -0.05) is 0 Å². The third kappa shape index (κ3) is 8.69. The summed E-state index contributed by atoms with van der Waals surface area (Å²) in [5.74, 6) is -4.33. The minimum atomic E-state index is -5.08. The van der Waals surface area contributed by atoms with E-state index in [0.29, 0.717) is 0 Å². The first-order valence-electron chi connectivity index (χ1n) is 10.1. The van der Waals surface area contributed by atoms with Crippen molar-refractivity contribution in [2.45, 2.75) is 50.3 Å². The average Bonchev–Trinajstić information content (AvgIpc) is 3.15. The number of aromatic nitrogens is 2. The number of morpholine rings is 1. The van der Waals surface area contributed by atoms with Crippen molar-refractivity contribution < 1.29 is 55.7 Å². The van der Waals surface area contributed by atoms with Crippen molar-refractivity contribution in [3.63, 3.8) is 0 Å². The molecule has 35 heavy (non-hydrogen) atoms. The van der Waals surface area contributed by atoms with Gasteiger partial charge in [0.2, 0.25) is 5.91 Å². The van der Waals surface area contributed by atoms with Gasteiger partial charge in [-0.2, -0.15) is 26.3 Å². The molecule has 2 N–H and O–H groups in total. The lowest BCUT2D eigenvalue weighted by Crippen LogP contribution is -2.62. The van der Waals surface area contributed by atoms with E-state index in [-0.39, 0.29) is 24.2 Å². The summed E-state index contributed by atoms with van der Waals surface area (Å²) in [5.41, 5.74) is -0.166. The zero-order valence-electron chi connectivity index (χ0n) is 19.1. The number of aryl methyl sites for hydroxylation is 1. The Balaban J connectivity index is 0.000000362. The Hall–Kier alpha value is -2.88. The number of ether oxygens (including phenoxy) is 1. The largest absolute Gasteiger partial charge is 0.490 e. The average molecular weight is 520 g/mol. The predicted octanol–water partition coefficient (Wildman–Crippen LogP) is 1.90. The van der Waals surface area contributed by atoms with E-state index in [1.165, 1.54) is 0 Å². The first-order valence-corrected chi connectivity index (χ1v) is 10.1. The summed E-state index contributed by atoms with van der Waals surface area (Å²) in [6, 6.07) is 0.147. The molecule has 200 valence electrons. The molecule has 10 nitrogen and oxygen atoms in total. The van der Waals surface area contributed by atoms with Gasteiger partial charge >= 0.3 is 24.3 Å². The summed E-state index contributed by atoms with van der Waals surface area (Å²) in [7, 11) is 3.91. The molecule has 1 aromatic heterocycles. The molecule has 16 heteroatoms. The number of halogens is 6. The van der Waals surface area contributed by atoms with Crippen molar-refractivity contribution >= 4 is 17.8 Å². The van der Waals surface area contributed by atoms with Crippen LogP contribution in [0.3, 0.4) is 0 Å². The molecule has 2 saturated heterocycles. The van der Waals surface area contributed by atoms with Gasteiger partial charge in [0.1, 0.15) is 12.4 Å². The van der Waals surface area contributed by atoms with Crippen LogP contribution < -0.4 is 0 Å². The van der Waals surface area contributed by atoms with Gasteiger partial charge in [-0.05, 0) is 19.8 Å². The van der Waals surface area contributed by atoms with Gasteiger partial charge in [0.25, 0.3) is 0 Å². The number of piperidine rings is 1. The lowest BCUT2D eigenvalue weighted by atomic mass is 9.83. The van der Waals surface area contributed by atoms with E-state index in [4.69, 9.17) is 24.5 Å². The van der Waals surface area contributed by atoms with Gasteiger partial charge < -0.3 is 24.4 Å². The van der Waals surface area contributed by atoms with E-state index < -0.39 is 24.3 Å². The number of alkyl halides is 6. The van der Waals surface area contributed by atoms with Gasteiger partial charge in [0.15, 0.2) is 0 Å². The molecule has 3 rings (SSSR count). The van der Waals surface area contributed by atoms with Crippen LogP contribution in [-0.2, 0) is 32.7 Å². The Labute approximate surface area is 196 Å². The third-order valence-electron chi connectivity index (χ3n) is 5.69. The highest BCUT2D eigenvalue weighted by Gasteiger charge is 2.46. The lowest BCUT2D eigenvalue weighted by molar-refractivity contribution is -0.193. The first kappa shape index (κ1) is 30.2. The van der Waals surface area contributed by atoms with Crippen molar-refractivity contribution in [2.75, 3.05) is 26.7 Å². The lowest BCUT2D eigenvalue weighted by Gasteiger charge is -2.50. The van der Waals surface area contributed by atoms with E-state index in [9.17, 15) is 31.1 Å². The Morgan fingerprint density at radius 2 is 1.54 bits per heavy atom. The molecular weight excluding hydrogens is 494 g/mol. The summed E-state index contributed by atoms with van der Waals surface area (Å²) in [4.78, 5) is 38.2. The summed E-state index contributed by atoms with van der Waals surface area (Å²) in [5, 5.41) is 14.2. The van der Waals surface area contributed by atoms with Crippen LogP contribution in [0.15, 0.2) is 12.4 Å². The van der Waals surface area contributed by atoms with Crippen LogP contribution >= 0.6 is 0 Å². The number of carbonyl (C=O) groups is 3. The van der Waals surface area contributed by atoms with Crippen LogP contribution in [-0.4, -0.2) is 98.1 Å². The maximum absolute atomic E-state index is 11.7. The number of carboxylic acids is 2. The Morgan fingerprint density at radius 1 is 1.09 bits per heavy atom. The molecule has 0 saturated carbocycles. The fourth-order valence-corrected chi connectivity index (χ4v) is 3.40. The number of hydrogen-bond donors (Lipinski definition) is 2. The molecule has 0 aromatic carbocycles. The normalized spacial score (nSPS) is 20.4. The number of nitrogens with zero attached hydrogens (tertiary/aromatic N) is 4. The minimum Gasteiger partial charge on any atom is -0.475 e. The first-order chi connectivity index (χ1) is 15.9. The van der Waals surface area contributed by atoms with Gasteiger partial charge in [0, 0.05) is 39.6 Å². The van der Waals surface area contributed by atoms with Crippen molar-refractivity contribution in [1.82, 2.24) is 19.4 Å². The molecule has 0 bridgehead atoms. The fraction of sp³-hybridized carbons (Fsp3) is 0.684. The topological polar surface area (TPSA) is 125 Å². The molecule has 1 spiro atoms. The quantitative estimate of drug-likeness (QED) is 0.567. The van der Waals surface area contributed by atoms with Crippen LogP contribution in [0.2, 0.25) is 0 Å². The Bertz CT molecular complexity index is 856. The van der Waals surface area contributed by atoms with E-state index in [0.717, 1.165) is 38.3 Å². The van der Waals surface area contributed by atoms with E-state index >= 15 is 0 Å². The number of aliphatic carboxylic acids is 2. The predicted molar refractivity (Wildman–Crippen MR) is 106 cm³/mol. The second kappa shape index (κ2) is 11.7. The van der Waals surface area contributed by atoms with E-state index in [2.05, 4.69) is 21.4 Å². The van der Waals surface area contributed by atoms with Crippen LogP contribution in [0.1, 0.15) is 25.6 Å². The fourth-order valence-electron chi connectivity index (χ4n) is 3.40. The molecule has 1 aromatic rings. The molecule has 1 unspecified atom stereocenters. The van der Waals surface area contributed by atoms with Gasteiger partial charge in [-0.15, -0.1) is 0 Å². The van der Waals surface area contributed by atoms with E-state index in [1.807, 2.05) is 31.4 Å². The molecule has 2 aliphatic rings. The zero-order valence-corrected chi connectivity index (χ0v) is 19.1. The Morgan fingerprint density at radius 3 is 1.91 bits per heavy atom. The molecule has 1 atom stereocenters. The molecule has 3 heterocycles. The second-order valence-electron chi connectivity index (χ2n) is 7.87. The highest BCUT2D eigenvalue weighted by atomic mass is 19.4. The van der Waals surface area contributed by atoms with Crippen molar-refractivity contribution in [1.29, 1.82) is 0 Å². The number of carboxylic acid groups (broad SMARTS) is 2. The molecule has 1 amide bonds. The monoisotopic (exact) mass is 520 g/mol. The Kier molecular flexibility index (Phi) is 10.1. The standard InChI is InChI=1S/C15H24N4O2.2C2HF3O2/c1-12-15(21-11-14(20)18(12)3)4-7-19(8-5-15)10-13-16-6-9-17(13)2;2*3-2(4,5)1(6)7/h6,9,12H,4-5,7-8,10-11H2,1-3H3;2*(H,6,7). The molecule has 2 fully saturated rings. The van der Waals surface area contributed by atoms with Crippen LogP contribution in [0.25, 0.3) is 0 Å². The molecule has 0 aliphatic carbocycles. The number of imidazole rings is 1. The summed E-state index contributed by atoms with van der Waals surface area (Å²) >= 11 is 0. The molecule has 0 radical (unpaired) electrons. The van der Waals surface area contributed by atoms with Crippen molar-refractivity contribution in [2.24, 2.45) is 7.05 Å². The molecular formula is C19H26F6N4O6. The summed E-state index contributed by atoms with van der Waals surface area (Å²) in [6.45, 7) is 5.17. The maximum atomic E-state index is 11.7. The SMILES string of the molecule is CC1N(C)C(=O)COC12CCN(Cc1nccn1C)CC2.O=C(O)C(F)(F)F.O=C(O)C(F)(F)F. The summed E-state index contributed by atoms with van der Waals surface area (Å²) < 4.78 is 71.5. The molecule has 2 aliphatic heterocycles. The third-order valence-corrected chi connectivity index (χ3v) is 5.69. The number of amides is 1. The number of rotatable bonds is 2. The smallest absolute Gasteiger partial charge is 0.475 e. The number of carbonyl (C=O) groups excluding carboxylic acids is 1. The minimum absolute atomic E-state index is 0.0866. The van der Waals surface area contributed by atoms with Gasteiger partial charge in [0.05, 0.1) is 18.2 Å². The van der Waals surface area contributed by atoms with Crippen LogP contribution in [0.4, 0.5) is 26.3 Å². The van der Waals surface area contributed by atoms with E-state index in [1.54, 1.807) is 0 Å². The highest BCUT2D eigenvalue weighted by molar-refractivity contribution is 5.78. The van der Waals surface area contributed by atoms with Crippen molar-refractivity contribution in [3.8, 4) is 0 Å². The zero-order chi connectivity index (χ0) is 27.2. The van der Waals surface area contributed by atoms with Gasteiger partial charge in [-0.25, -0.2) is 14.6 Å². The van der Waals surface area contributed by atoms with Crippen LogP contribution in [0.5, 0.6) is 0 Å². The maximum Gasteiger partial charge on any atom is 0.490 e. The summed E-state index contributed by atoms with van der Waals surface area (Å²) in [6.07, 6.45) is -4.41. The van der Waals surface area contributed by atoms with Crippen LogP contribution in [0, 0.1) is 0 Å². The number of hydrogen-bond acceptors (Lipinski definition) is 6.